The summed E-state index contributed by atoms with van der Waals surface area (Å²) in [5, 5.41) is 12.5. The third kappa shape index (κ3) is 3.78. The molecule has 0 unspecified atom stereocenters. The molecule has 0 aliphatic carbocycles. The van der Waals surface area contributed by atoms with Crippen LogP contribution in [-0.4, -0.2) is 35.3 Å². The molecule has 5 N–H and O–H groups in total. The summed E-state index contributed by atoms with van der Waals surface area (Å²) in [6, 6.07) is 18.1. The Bertz CT molecular complexity index is 1700. The van der Waals surface area contributed by atoms with Crippen LogP contribution in [0, 0.1) is 0 Å². The van der Waals surface area contributed by atoms with Crippen molar-refractivity contribution in [2.75, 3.05) is 16.8 Å². The first-order chi connectivity index (χ1) is 17.6. The highest BCUT2D eigenvalue weighted by molar-refractivity contribution is 6.05. The van der Waals surface area contributed by atoms with Crippen LogP contribution >= 0.6 is 0 Å². The minimum Gasteiger partial charge on any atom is -0.461 e. The fourth-order valence-electron chi connectivity index (χ4n) is 3.99. The van der Waals surface area contributed by atoms with Gasteiger partial charge in [0.05, 0.1) is 29.2 Å². The quantitative estimate of drug-likeness (QED) is 0.307. The Hall–Kier alpha value is -5.19. The molecule has 0 saturated carbocycles. The van der Waals surface area contributed by atoms with Crippen LogP contribution in [-0.2, 0) is 13.0 Å². The molecule has 1 amide bonds. The van der Waals surface area contributed by atoms with Crippen LogP contribution in [0.2, 0.25) is 0 Å². The van der Waals surface area contributed by atoms with Crippen LogP contribution in [0.25, 0.3) is 28.3 Å². The van der Waals surface area contributed by atoms with Crippen molar-refractivity contribution in [2.45, 2.75) is 13.0 Å². The number of rotatable bonds is 6. The normalized spacial score (nSPS) is 11.3. The first-order valence-electron chi connectivity index (χ1n) is 11.2. The van der Waals surface area contributed by atoms with E-state index in [0.29, 0.717) is 52.8 Å². The van der Waals surface area contributed by atoms with E-state index in [0.717, 1.165) is 10.9 Å². The summed E-state index contributed by atoms with van der Waals surface area (Å²) < 4.78 is 8.67. The van der Waals surface area contributed by atoms with Crippen molar-refractivity contribution in [3.63, 3.8) is 0 Å². The van der Waals surface area contributed by atoms with Gasteiger partial charge >= 0.3 is 0 Å². The van der Waals surface area contributed by atoms with Gasteiger partial charge in [0.1, 0.15) is 0 Å². The van der Waals surface area contributed by atoms with E-state index in [2.05, 4.69) is 25.5 Å². The molecule has 11 nitrogen and oxygen atoms in total. The summed E-state index contributed by atoms with van der Waals surface area (Å²) in [5.41, 5.74) is 16.0. The average molecular weight is 480 g/mol. The zero-order valence-electron chi connectivity index (χ0n) is 19.0. The second kappa shape index (κ2) is 8.55. The predicted octanol–water partition coefficient (Wildman–Crippen LogP) is 3.39. The van der Waals surface area contributed by atoms with Crippen LogP contribution < -0.4 is 16.8 Å². The van der Waals surface area contributed by atoms with E-state index >= 15 is 0 Å². The Morgan fingerprint density at radius 1 is 0.972 bits per heavy atom. The number of nitrogens with one attached hydrogen (secondary N) is 1. The number of para-hydroxylation sites is 2. The molecule has 0 atom stereocenters. The molecular weight excluding hydrogens is 458 g/mol. The summed E-state index contributed by atoms with van der Waals surface area (Å²) in [6.07, 6.45) is 3.95. The first kappa shape index (κ1) is 21.4. The number of nitrogens with zero attached hydrogens (tertiary/aromatic N) is 6. The van der Waals surface area contributed by atoms with Gasteiger partial charge < -0.3 is 21.2 Å². The van der Waals surface area contributed by atoms with Crippen molar-refractivity contribution >= 4 is 39.9 Å². The van der Waals surface area contributed by atoms with E-state index in [1.807, 2.05) is 24.3 Å². The maximum absolute atomic E-state index is 12.6. The molecule has 0 fully saturated rings. The number of anilines is 3. The monoisotopic (exact) mass is 479 g/mol. The molecule has 4 aromatic heterocycles. The number of aryl methyl sites for hydroxylation is 2. The largest absolute Gasteiger partial charge is 0.461 e. The summed E-state index contributed by atoms with van der Waals surface area (Å²) in [4.78, 5) is 21.6. The van der Waals surface area contributed by atoms with Crippen LogP contribution in [0.15, 0.2) is 77.5 Å². The molecule has 6 aromatic rings. The number of nitrogen functional groups attached to an aromatic ring is 2. The van der Waals surface area contributed by atoms with Gasteiger partial charge in [-0.25, -0.2) is 9.67 Å². The van der Waals surface area contributed by atoms with Gasteiger partial charge in [-0.1, -0.05) is 24.3 Å². The van der Waals surface area contributed by atoms with Crippen molar-refractivity contribution in [1.82, 2.24) is 29.4 Å². The summed E-state index contributed by atoms with van der Waals surface area (Å²) in [7, 11) is 0. The zero-order valence-corrected chi connectivity index (χ0v) is 19.0. The smallest absolute Gasteiger partial charge is 0.255 e. The number of carbonyl (C=O) groups excluding carboxylic acids is 1. The van der Waals surface area contributed by atoms with E-state index in [1.54, 1.807) is 53.5 Å². The number of hydrogen-bond donors (Lipinski definition) is 3. The van der Waals surface area contributed by atoms with Gasteiger partial charge in [-0.3, -0.25) is 4.79 Å². The highest BCUT2D eigenvalue weighted by atomic mass is 16.3. The number of nitrogens with two attached hydrogens (primary N) is 2. The van der Waals surface area contributed by atoms with Crippen molar-refractivity contribution in [1.29, 1.82) is 0 Å². The molecule has 0 radical (unpaired) electrons. The highest BCUT2D eigenvalue weighted by Crippen LogP contribution is 2.24. The van der Waals surface area contributed by atoms with Gasteiger partial charge in [-0.05, 0) is 48.4 Å². The molecule has 2 aromatic carbocycles. The Balaban J connectivity index is 1.19. The number of hydrogen-bond acceptors (Lipinski definition) is 8. The van der Waals surface area contributed by atoms with E-state index in [9.17, 15) is 4.79 Å². The summed E-state index contributed by atoms with van der Waals surface area (Å²) in [6.45, 7) is 0.567. The van der Waals surface area contributed by atoms with Crippen molar-refractivity contribution in [3.05, 3.63) is 84.3 Å². The molecule has 0 saturated heterocycles. The number of fused-ring (bicyclic) bond motifs is 3. The van der Waals surface area contributed by atoms with E-state index in [4.69, 9.17) is 15.9 Å². The molecule has 0 aliphatic heterocycles. The van der Waals surface area contributed by atoms with Crippen LogP contribution in [0.3, 0.4) is 0 Å². The molecule has 11 heteroatoms. The Morgan fingerprint density at radius 2 is 1.81 bits per heavy atom. The van der Waals surface area contributed by atoms with Crippen molar-refractivity contribution < 1.29 is 9.21 Å². The third-order valence-electron chi connectivity index (χ3n) is 5.88. The number of aromatic nitrogens is 6. The van der Waals surface area contributed by atoms with Crippen molar-refractivity contribution in [3.8, 4) is 11.6 Å². The van der Waals surface area contributed by atoms with Crippen LogP contribution in [0.1, 0.15) is 15.9 Å². The first-order valence-corrected chi connectivity index (χ1v) is 11.2. The fourth-order valence-corrected chi connectivity index (χ4v) is 3.99. The standard InChI is InChI=1S/C25H21N9O2/c26-18-4-1-2-5-19(18)29-24(35)16-9-7-15(8-10-16)11-12-33-22-17(14-28-33)23-30-21(20-6-3-13-36-20)32-34(23)25(27)31-22/h1-10,13-14H,11-12,26H2,(H2,27,31)(H,29,35). The lowest BCUT2D eigenvalue weighted by atomic mass is 10.1. The lowest BCUT2D eigenvalue weighted by molar-refractivity contribution is 0.102. The lowest BCUT2D eigenvalue weighted by Crippen LogP contribution is -2.13. The van der Waals surface area contributed by atoms with Gasteiger partial charge in [-0.2, -0.15) is 14.6 Å². The maximum atomic E-state index is 12.6. The van der Waals surface area contributed by atoms with E-state index in [-0.39, 0.29) is 11.9 Å². The highest BCUT2D eigenvalue weighted by Gasteiger charge is 2.17. The zero-order chi connectivity index (χ0) is 24.6. The van der Waals surface area contributed by atoms with Gasteiger partial charge in [0.25, 0.3) is 5.91 Å². The Labute approximate surface area is 204 Å². The fraction of sp³-hybridized carbons (Fsp3) is 0.0800. The minimum absolute atomic E-state index is 0.207. The molecule has 0 spiro atoms. The Morgan fingerprint density at radius 3 is 2.58 bits per heavy atom. The molecule has 0 aliphatic rings. The maximum Gasteiger partial charge on any atom is 0.255 e. The number of carbonyl (C=O) groups is 1. The Kier molecular flexibility index (Phi) is 5.07. The second-order valence-corrected chi connectivity index (χ2v) is 8.21. The number of furan rings is 1. The second-order valence-electron chi connectivity index (χ2n) is 8.21. The molecule has 36 heavy (non-hydrogen) atoms. The molecular formula is C25H21N9O2. The average Bonchev–Trinajstić information content (AvgIpc) is 3.64. The van der Waals surface area contributed by atoms with Crippen molar-refractivity contribution in [2.24, 2.45) is 0 Å². The predicted molar refractivity (Wildman–Crippen MR) is 135 cm³/mol. The van der Waals surface area contributed by atoms with Gasteiger partial charge in [0.15, 0.2) is 17.1 Å². The topological polar surface area (TPSA) is 155 Å². The molecule has 0 bridgehead atoms. The SMILES string of the molecule is Nc1ccccc1NC(=O)c1ccc(CCn2ncc3c2nc(N)n2nc(-c4ccco4)nc32)cc1. The molecule has 6 rings (SSSR count). The van der Waals surface area contributed by atoms with Gasteiger partial charge in [0, 0.05) is 12.1 Å². The summed E-state index contributed by atoms with van der Waals surface area (Å²) >= 11 is 0. The van der Waals surface area contributed by atoms with Gasteiger partial charge in [-0.15, -0.1) is 5.10 Å². The third-order valence-corrected chi connectivity index (χ3v) is 5.88. The van der Waals surface area contributed by atoms with Crippen LogP contribution in [0.4, 0.5) is 17.3 Å². The molecule has 4 heterocycles. The summed E-state index contributed by atoms with van der Waals surface area (Å²) in [5.74, 6) is 0.957. The van der Waals surface area contributed by atoms with E-state index in [1.165, 1.54) is 4.52 Å². The lowest BCUT2D eigenvalue weighted by Gasteiger charge is -2.09. The number of amides is 1. The minimum atomic E-state index is -0.219. The van der Waals surface area contributed by atoms with E-state index < -0.39 is 0 Å². The van der Waals surface area contributed by atoms with Gasteiger partial charge in [0.2, 0.25) is 11.8 Å². The van der Waals surface area contributed by atoms with Crippen LogP contribution in [0.5, 0.6) is 0 Å². The molecule has 178 valence electrons. The number of benzene rings is 2.